The van der Waals surface area contributed by atoms with Crippen LogP contribution < -0.4 is 0 Å². The Kier molecular flexibility index (Phi) is 4.10. The molecule has 0 bridgehead atoms. The van der Waals surface area contributed by atoms with E-state index in [1.807, 2.05) is 0 Å². The van der Waals surface area contributed by atoms with Gasteiger partial charge in [0.15, 0.2) is 0 Å². The van der Waals surface area contributed by atoms with Crippen LogP contribution in [0.1, 0.15) is 11.1 Å². The van der Waals surface area contributed by atoms with Gasteiger partial charge in [0.2, 0.25) is 0 Å². The summed E-state index contributed by atoms with van der Waals surface area (Å²) in [5.74, 6) is 0. The molecule has 0 N–H and O–H groups in total. The van der Waals surface area contributed by atoms with Gasteiger partial charge >= 0.3 is 0 Å². The van der Waals surface area contributed by atoms with Crippen molar-refractivity contribution >= 4 is 11.9 Å². The van der Waals surface area contributed by atoms with Crippen LogP contribution in [0.3, 0.4) is 0 Å². The summed E-state index contributed by atoms with van der Waals surface area (Å²) in [7, 11) is 4.15. The van der Waals surface area contributed by atoms with Crippen LogP contribution in [0.2, 0.25) is 0 Å². The van der Waals surface area contributed by atoms with Crippen LogP contribution in [-0.2, 0) is 0 Å². The van der Waals surface area contributed by atoms with Crippen molar-refractivity contribution in [2.24, 2.45) is 0 Å². The molecule has 0 saturated carbocycles. The zero-order valence-corrected chi connectivity index (χ0v) is 12.2. The second-order valence-corrected chi connectivity index (χ2v) is 6.00. The van der Waals surface area contributed by atoms with E-state index in [2.05, 4.69) is 74.7 Å². The molecule has 0 aliphatic rings. The van der Waals surface area contributed by atoms with Crippen molar-refractivity contribution in [1.29, 1.82) is 0 Å². The molecule has 18 heavy (non-hydrogen) atoms. The number of rotatable bonds is 3. The molecule has 2 aromatic rings. The van der Waals surface area contributed by atoms with Gasteiger partial charge in [-0.15, -0.1) is 0 Å². The largest absolute Gasteiger partial charge is 0.253 e. The van der Waals surface area contributed by atoms with Gasteiger partial charge in [0.25, 0.3) is 0 Å². The minimum atomic E-state index is 1.30. The standard InChI is InChI=1S/C16H19NS/c1-12-8-7-10-14(13(12)2)15-9-5-6-11-16(15)18-17(3)4/h5-11H,1-4H3. The van der Waals surface area contributed by atoms with Crippen molar-refractivity contribution in [2.75, 3.05) is 14.1 Å². The predicted molar refractivity (Wildman–Crippen MR) is 80.9 cm³/mol. The first kappa shape index (κ1) is 13.2. The molecule has 1 nitrogen and oxygen atoms in total. The topological polar surface area (TPSA) is 3.24 Å². The maximum Gasteiger partial charge on any atom is 0.0308 e. The van der Waals surface area contributed by atoms with Crippen molar-refractivity contribution in [3.63, 3.8) is 0 Å². The fourth-order valence-corrected chi connectivity index (χ4v) is 2.82. The highest BCUT2D eigenvalue weighted by atomic mass is 32.2. The summed E-state index contributed by atoms with van der Waals surface area (Å²) in [6.45, 7) is 4.36. The van der Waals surface area contributed by atoms with E-state index in [1.165, 1.54) is 27.1 Å². The first-order chi connectivity index (χ1) is 8.59. The van der Waals surface area contributed by atoms with Crippen LogP contribution >= 0.6 is 11.9 Å². The molecule has 0 heterocycles. The third-order valence-electron chi connectivity index (χ3n) is 3.06. The van der Waals surface area contributed by atoms with E-state index in [-0.39, 0.29) is 0 Å². The first-order valence-corrected chi connectivity index (χ1v) is 6.88. The molecule has 0 amide bonds. The van der Waals surface area contributed by atoms with Gasteiger partial charge in [0.1, 0.15) is 0 Å². The summed E-state index contributed by atoms with van der Waals surface area (Å²) < 4.78 is 2.13. The van der Waals surface area contributed by atoms with Gasteiger partial charge in [-0.2, -0.15) is 0 Å². The molecule has 2 heteroatoms. The van der Waals surface area contributed by atoms with Crippen LogP contribution in [-0.4, -0.2) is 18.4 Å². The zero-order chi connectivity index (χ0) is 13.1. The van der Waals surface area contributed by atoms with Gasteiger partial charge in [0, 0.05) is 4.90 Å². The second-order valence-electron chi connectivity index (χ2n) is 4.65. The minimum Gasteiger partial charge on any atom is -0.253 e. The van der Waals surface area contributed by atoms with Gasteiger partial charge in [0.05, 0.1) is 0 Å². The minimum absolute atomic E-state index is 1.30. The SMILES string of the molecule is Cc1cccc(-c2ccccc2SN(C)C)c1C. The number of hydrogen-bond donors (Lipinski definition) is 0. The fraction of sp³-hybridized carbons (Fsp3) is 0.250. The van der Waals surface area contributed by atoms with Crippen LogP contribution in [0.15, 0.2) is 47.4 Å². The Morgan fingerprint density at radius 2 is 1.50 bits per heavy atom. The van der Waals surface area contributed by atoms with Crippen molar-refractivity contribution in [2.45, 2.75) is 18.7 Å². The highest BCUT2D eigenvalue weighted by Gasteiger charge is 2.09. The summed E-state index contributed by atoms with van der Waals surface area (Å²) in [6.07, 6.45) is 0. The molecule has 0 aliphatic carbocycles. The van der Waals surface area contributed by atoms with Crippen LogP contribution in [0.5, 0.6) is 0 Å². The summed E-state index contributed by atoms with van der Waals surface area (Å²) >= 11 is 1.77. The Morgan fingerprint density at radius 3 is 2.22 bits per heavy atom. The van der Waals surface area contributed by atoms with E-state index in [1.54, 1.807) is 11.9 Å². The Balaban J connectivity index is 2.53. The maximum atomic E-state index is 2.21. The van der Waals surface area contributed by atoms with E-state index in [0.717, 1.165) is 0 Å². The summed E-state index contributed by atoms with van der Waals surface area (Å²) in [4.78, 5) is 1.30. The number of aryl methyl sites for hydroxylation is 1. The highest BCUT2D eigenvalue weighted by Crippen LogP contribution is 2.34. The average molecular weight is 257 g/mol. The van der Waals surface area contributed by atoms with Crippen LogP contribution in [0.4, 0.5) is 0 Å². The van der Waals surface area contributed by atoms with E-state index < -0.39 is 0 Å². The second kappa shape index (κ2) is 5.59. The maximum absolute atomic E-state index is 2.21. The lowest BCUT2D eigenvalue weighted by Crippen LogP contribution is -2.00. The molecule has 0 unspecified atom stereocenters. The van der Waals surface area contributed by atoms with Gasteiger partial charge in [-0.25, -0.2) is 0 Å². The highest BCUT2D eigenvalue weighted by molar-refractivity contribution is 7.97. The Hall–Kier alpha value is -1.25. The van der Waals surface area contributed by atoms with Gasteiger partial charge in [-0.05, 0) is 68.2 Å². The van der Waals surface area contributed by atoms with E-state index >= 15 is 0 Å². The molecule has 2 rings (SSSR count). The first-order valence-electron chi connectivity index (χ1n) is 6.10. The molecular weight excluding hydrogens is 238 g/mol. The lowest BCUT2D eigenvalue weighted by atomic mass is 9.97. The molecule has 0 aromatic heterocycles. The Labute approximate surface area is 114 Å². The smallest absolute Gasteiger partial charge is 0.0308 e. The molecule has 94 valence electrons. The molecule has 0 spiro atoms. The summed E-state index contributed by atoms with van der Waals surface area (Å²) in [5.41, 5.74) is 5.36. The van der Waals surface area contributed by atoms with Gasteiger partial charge in [-0.3, -0.25) is 4.31 Å². The Bertz CT molecular complexity index is 547. The molecule has 2 aromatic carbocycles. The normalized spacial score (nSPS) is 10.9. The fourth-order valence-electron chi connectivity index (χ4n) is 2.01. The molecule has 0 radical (unpaired) electrons. The van der Waals surface area contributed by atoms with Crippen molar-refractivity contribution in [3.05, 3.63) is 53.6 Å². The molecule has 0 aliphatic heterocycles. The van der Waals surface area contributed by atoms with Crippen LogP contribution in [0, 0.1) is 13.8 Å². The molecule has 0 fully saturated rings. The third-order valence-corrected chi connectivity index (χ3v) is 3.98. The number of hydrogen-bond acceptors (Lipinski definition) is 2. The number of benzene rings is 2. The molecular formula is C16H19NS. The van der Waals surface area contributed by atoms with E-state index in [9.17, 15) is 0 Å². The van der Waals surface area contributed by atoms with E-state index in [4.69, 9.17) is 0 Å². The predicted octanol–water partition coefficient (Wildman–Crippen LogP) is 4.54. The van der Waals surface area contributed by atoms with Crippen molar-refractivity contribution in [3.8, 4) is 11.1 Å². The zero-order valence-electron chi connectivity index (χ0n) is 11.4. The molecule has 0 saturated heterocycles. The lowest BCUT2D eigenvalue weighted by molar-refractivity contribution is 0.703. The quantitative estimate of drug-likeness (QED) is 0.743. The molecule has 0 atom stereocenters. The van der Waals surface area contributed by atoms with Crippen molar-refractivity contribution < 1.29 is 0 Å². The van der Waals surface area contributed by atoms with E-state index in [0.29, 0.717) is 0 Å². The third kappa shape index (κ3) is 2.77. The number of nitrogens with zero attached hydrogens (tertiary/aromatic N) is 1. The lowest BCUT2D eigenvalue weighted by Gasteiger charge is -2.15. The Morgan fingerprint density at radius 1 is 0.833 bits per heavy atom. The summed E-state index contributed by atoms with van der Waals surface area (Å²) in [6, 6.07) is 15.1. The average Bonchev–Trinajstić information content (AvgIpc) is 2.33. The monoisotopic (exact) mass is 257 g/mol. The van der Waals surface area contributed by atoms with Gasteiger partial charge < -0.3 is 0 Å². The summed E-state index contributed by atoms with van der Waals surface area (Å²) in [5, 5.41) is 0. The van der Waals surface area contributed by atoms with Crippen LogP contribution in [0.25, 0.3) is 11.1 Å². The van der Waals surface area contributed by atoms with Gasteiger partial charge in [-0.1, -0.05) is 36.4 Å². The van der Waals surface area contributed by atoms with Crippen molar-refractivity contribution in [1.82, 2.24) is 4.31 Å².